The topological polar surface area (TPSA) is 61.4 Å². The molecule has 1 aromatic heterocycles. The number of aliphatic hydroxyl groups is 1. The van der Waals surface area contributed by atoms with Crippen molar-refractivity contribution < 1.29 is 9.90 Å². The molecule has 2 rings (SSSR count). The van der Waals surface area contributed by atoms with E-state index >= 15 is 0 Å². The second-order valence-electron chi connectivity index (χ2n) is 5.41. The molecule has 23 heavy (non-hydrogen) atoms. The van der Waals surface area contributed by atoms with Crippen molar-refractivity contribution in [1.82, 2.24) is 10.6 Å². The van der Waals surface area contributed by atoms with Crippen molar-refractivity contribution in [3.8, 4) is 0 Å². The molecule has 1 atom stereocenters. The number of aliphatic hydroxyl groups excluding tert-OH is 1. The lowest BCUT2D eigenvalue weighted by Gasteiger charge is -2.17. The van der Waals surface area contributed by atoms with E-state index in [1.54, 1.807) is 11.3 Å². The van der Waals surface area contributed by atoms with Gasteiger partial charge in [-0.25, -0.2) is 4.79 Å². The first-order chi connectivity index (χ1) is 11.2. The lowest BCUT2D eigenvalue weighted by molar-refractivity contribution is 0.237. The SMILES string of the molecule is CCc1ccc(CNC(=O)NCC(CCO)c2ccccc2)s1. The molecule has 0 saturated heterocycles. The monoisotopic (exact) mass is 332 g/mol. The number of rotatable bonds is 8. The summed E-state index contributed by atoms with van der Waals surface area (Å²) in [5.41, 5.74) is 1.13. The Morgan fingerprint density at radius 1 is 1.13 bits per heavy atom. The van der Waals surface area contributed by atoms with Crippen LogP contribution in [0.2, 0.25) is 0 Å². The Kier molecular flexibility index (Phi) is 7.10. The van der Waals surface area contributed by atoms with Crippen molar-refractivity contribution in [3.63, 3.8) is 0 Å². The van der Waals surface area contributed by atoms with Crippen molar-refractivity contribution in [1.29, 1.82) is 0 Å². The van der Waals surface area contributed by atoms with Gasteiger partial charge >= 0.3 is 6.03 Å². The lowest BCUT2D eigenvalue weighted by atomic mass is 9.96. The molecule has 0 fully saturated rings. The van der Waals surface area contributed by atoms with Crippen LogP contribution in [0.3, 0.4) is 0 Å². The highest BCUT2D eigenvalue weighted by atomic mass is 32.1. The molecule has 2 amide bonds. The Balaban J connectivity index is 1.79. The summed E-state index contributed by atoms with van der Waals surface area (Å²) in [5, 5.41) is 15.0. The van der Waals surface area contributed by atoms with Gasteiger partial charge in [0.2, 0.25) is 0 Å². The average Bonchev–Trinajstić information content (AvgIpc) is 3.05. The van der Waals surface area contributed by atoms with Crippen molar-refractivity contribution in [3.05, 3.63) is 57.8 Å². The van der Waals surface area contributed by atoms with E-state index in [2.05, 4.69) is 29.7 Å². The van der Waals surface area contributed by atoms with Crippen molar-refractivity contribution in [2.75, 3.05) is 13.2 Å². The summed E-state index contributed by atoms with van der Waals surface area (Å²) in [4.78, 5) is 14.4. The molecule has 3 N–H and O–H groups in total. The second kappa shape index (κ2) is 9.33. The predicted octanol–water partition coefficient (Wildman–Crippen LogP) is 3.28. The van der Waals surface area contributed by atoms with Gasteiger partial charge in [0.25, 0.3) is 0 Å². The maximum absolute atomic E-state index is 12.0. The van der Waals surface area contributed by atoms with Crippen LogP contribution in [0.15, 0.2) is 42.5 Å². The first-order valence-corrected chi connectivity index (χ1v) is 8.79. The zero-order valence-corrected chi connectivity index (χ0v) is 14.2. The largest absolute Gasteiger partial charge is 0.396 e. The number of thiophene rings is 1. The number of amides is 2. The second-order valence-corrected chi connectivity index (χ2v) is 6.66. The number of hydrogen-bond donors (Lipinski definition) is 3. The van der Waals surface area contributed by atoms with E-state index < -0.39 is 0 Å². The molecule has 0 radical (unpaired) electrons. The van der Waals surface area contributed by atoms with Crippen LogP contribution in [0, 0.1) is 0 Å². The summed E-state index contributed by atoms with van der Waals surface area (Å²) in [6.45, 7) is 3.30. The van der Waals surface area contributed by atoms with Gasteiger partial charge in [-0.2, -0.15) is 0 Å². The third-order valence-corrected chi connectivity index (χ3v) is 4.98. The quantitative estimate of drug-likeness (QED) is 0.695. The molecule has 124 valence electrons. The number of nitrogens with one attached hydrogen (secondary N) is 2. The van der Waals surface area contributed by atoms with Gasteiger partial charge in [0, 0.05) is 28.8 Å². The maximum atomic E-state index is 12.0. The van der Waals surface area contributed by atoms with Gasteiger partial charge in [-0.15, -0.1) is 11.3 Å². The van der Waals surface area contributed by atoms with Crippen LogP contribution in [-0.2, 0) is 13.0 Å². The van der Waals surface area contributed by atoms with Crippen LogP contribution in [0.4, 0.5) is 4.79 Å². The highest BCUT2D eigenvalue weighted by Crippen LogP contribution is 2.18. The Labute approximate surface area is 141 Å². The summed E-state index contributed by atoms with van der Waals surface area (Å²) in [7, 11) is 0. The minimum Gasteiger partial charge on any atom is -0.396 e. The van der Waals surface area contributed by atoms with Crippen molar-refractivity contribution >= 4 is 17.4 Å². The van der Waals surface area contributed by atoms with E-state index in [4.69, 9.17) is 0 Å². The van der Waals surface area contributed by atoms with Gasteiger partial charge < -0.3 is 15.7 Å². The number of carbonyl (C=O) groups excluding carboxylic acids is 1. The van der Waals surface area contributed by atoms with Crippen molar-refractivity contribution in [2.45, 2.75) is 32.2 Å². The van der Waals surface area contributed by atoms with E-state index in [0.29, 0.717) is 19.5 Å². The first kappa shape index (κ1) is 17.5. The number of urea groups is 1. The molecule has 0 bridgehead atoms. The van der Waals surface area contributed by atoms with E-state index in [9.17, 15) is 9.90 Å². The predicted molar refractivity (Wildman–Crippen MR) is 94.8 cm³/mol. The summed E-state index contributed by atoms with van der Waals surface area (Å²) in [6.07, 6.45) is 1.66. The number of aryl methyl sites for hydroxylation is 1. The molecule has 0 spiro atoms. The summed E-state index contributed by atoms with van der Waals surface area (Å²) in [5.74, 6) is 0.125. The number of carbonyl (C=O) groups is 1. The fourth-order valence-corrected chi connectivity index (χ4v) is 3.32. The molecule has 0 saturated carbocycles. The highest BCUT2D eigenvalue weighted by Gasteiger charge is 2.12. The van der Waals surface area contributed by atoms with Crippen LogP contribution in [0.25, 0.3) is 0 Å². The van der Waals surface area contributed by atoms with Gasteiger partial charge in [-0.1, -0.05) is 37.3 Å². The average molecular weight is 332 g/mol. The first-order valence-electron chi connectivity index (χ1n) is 7.98. The fraction of sp³-hybridized carbons (Fsp3) is 0.389. The summed E-state index contributed by atoms with van der Waals surface area (Å²) >= 11 is 1.73. The van der Waals surface area contributed by atoms with Gasteiger partial charge in [0.15, 0.2) is 0 Å². The molecule has 2 aromatic rings. The molecular weight excluding hydrogens is 308 g/mol. The number of benzene rings is 1. The third-order valence-electron chi connectivity index (χ3n) is 3.75. The van der Waals surface area contributed by atoms with E-state index in [-0.39, 0.29) is 18.6 Å². The standard InChI is InChI=1S/C18H24N2O2S/c1-2-16-8-9-17(23-16)13-20-18(22)19-12-15(10-11-21)14-6-4-3-5-7-14/h3-9,15,21H,2,10-13H2,1H3,(H2,19,20,22). The summed E-state index contributed by atoms with van der Waals surface area (Å²) < 4.78 is 0. The Morgan fingerprint density at radius 3 is 2.52 bits per heavy atom. The molecule has 0 aliphatic rings. The maximum Gasteiger partial charge on any atom is 0.315 e. The zero-order valence-electron chi connectivity index (χ0n) is 13.4. The third kappa shape index (κ3) is 5.69. The Morgan fingerprint density at radius 2 is 1.87 bits per heavy atom. The summed E-state index contributed by atoms with van der Waals surface area (Å²) in [6, 6.07) is 14.0. The normalized spacial score (nSPS) is 11.9. The molecule has 1 aromatic carbocycles. The van der Waals surface area contributed by atoms with Crippen LogP contribution in [0.5, 0.6) is 0 Å². The van der Waals surface area contributed by atoms with Gasteiger partial charge in [0.05, 0.1) is 6.54 Å². The van der Waals surface area contributed by atoms with Crippen LogP contribution in [-0.4, -0.2) is 24.3 Å². The molecule has 0 aliphatic heterocycles. The molecule has 1 unspecified atom stereocenters. The van der Waals surface area contributed by atoms with Gasteiger partial charge in [0.1, 0.15) is 0 Å². The van der Waals surface area contributed by atoms with E-state index in [1.807, 2.05) is 30.3 Å². The molecule has 4 nitrogen and oxygen atoms in total. The lowest BCUT2D eigenvalue weighted by Crippen LogP contribution is -2.37. The Bertz CT molecular complexity index is 598. The molecule has 1 heterocycles. The van der Waals surface area contributed by atoms with E-state index in [1.165, 1.54) is 4.88 Å². The smallest absolute Gasteiger partial charge is 0.315 e. The molecule has 0 aliphatic carbocycles. The van der Waals surface area contributed by atoms with Crippen molar-refractivity contribution in [2.24, 2.45) is 0 Å². The highest BCUT2D eigenvalue weighted by molar-refractivity contribution is 7.11. The van der Waals surface area contributed by atoms with Gasteiger partial charge in [-0.05, 0) is 30.5 Å². The van der Waals surface area contributed by atoms with Crippen LogP contribution < -0.4 is 10.6 Å². The zero-order chi connectivity index (χ0) is 16.5. The fourth-order valence-electron chi connectivity index (χ4n) is 2.42. The molecule has 5 heteroatoms. The Hall–Kier alpha value is -1.85. The number of hydrogen-bond acceptors (Lipinski definition) is 3. The minimum atomic E-state index is -0.171. The minimum absolute atomic E-state index is 0.109. The molecular formula is C18H24N2O2S. The van der Waals surface area contributed by atoms with Crippen LogP contribution >= 0.6 is 11.3 Å². The van der Waals surface area contributed by atoms with Gasteiger partial charge in [-0.3, -0.25) is 0 Å². The van der Waals surface area contributed by atoms with E-state index in [0.717, 1.165) is 16.9 Å². The van der Waals surface area contributed by atoms with Crippen LogP contribution in [0.1, 0.15) is 34.6 Å².